The highest BCUT2D eigenvalue weighted by Crippen LogP contribution is 2.32. The monoisotopic (exact) mass is 316 g/mol. The average molecular weight is 316 g/mol. The molecule has 0 heterocycles. The first kappa shape index (κ1) is 15.3. The van der Waals surface area contributed by atoms with Crippen LogP contribution in [-0.2, 0) is 20.7 Å². The summed E-state index contributed by atoms with van der Waals surface area (Å²) in [7, 11) is -3.68. The van der Waals surface area contributed by atoms with E-state index in [1.165, 1.54) is 11.1 Å². The smallest absolute Gasteiger partial charge is 0.266 e. The van der Waals surface area contributed by atoms with Crippen molar-refractivity contribution in [3.05, 3.63) is 65.2 Å². The Kier molecular flexibility index (Phi) is 4.32. The number of benzene rings is 2. The van der Waals surface area contributed by atoms with Gasteiger partial charge in [-0.2, -0.15) is 8.42 Å². The topological polar surface area (TPSA) is 43.4 Å². The second kappa shape index (κ2) is 6.23. The zero-order chi connectivity index (χ0) is 15.6. The van der Waals surface area contributed by atoms with Crippen LogP contribution in [0.25, 0.3) is 0 Å². The Morgan fingerprint density at radius 2 is 1.82 bits per heavy atom. The van der Waals surface area contributed by atoms with E-state index in [9.17, 15) is 8.42 Å². The molecule has 116 valence electrons. The minimum absolute atomic E-state index is 0.158. The molecular weight excluding hydrogens is 296 g/mol. The molecular formula is C18H20O3S. The quantitative estimate of drug-likeness (QED) is 0.805. The first-order valence-electron chi connectivity index (χ1n) is 7.60. The lowest BCUT2D eigenvalue weighted by molar-refractivity contribution is 0.278. The van der Waals surface area contributed by atoms with E-state index in [4.69, 9.17) is 4.18 Å². The lowest BCUT2D eigenvalue weighted by Crippen LogP contribution is -2.18. The summed E-state index contributed by atoms with van der Waals surface area (Å²) in [5, 5.41) is 0. The van der Waals surface area contributed by atoms with Gasteiger partial charge in [-0.1, -0.05) is 42.0 Å². The number of hydrogen-bond acceptors (Lipinski definition) is 3. The van der Waals surface area contributed by atoms with Crippen molar-refractivity contribution in [2.45, 2.75) is 37.0 Å². The van der Waals surface area contributed by atoms with E-state index in [2.05, 4.69) is 12.1 Å². The van der Waals surface area contributed by atoms with Crippen molar-refractivity contribution in [1.82, 2.24) is 0 Å². The summed E-state index contributed by atoms with van der Waals surface area (Å²) in [6.07, 6.45) is 3.12. The van der Waals surface area contributed by atoms with Crippen LogP contribution in [0, 0.1) is 6.92 Å². The molecule has 0 N–H and O–H groups in total. The Hall–Kier alpha value is -1.65. The summed E-state index contributed by atoms with van der Waals surface area (Å²) in [6, 6.07) is 15.0. The maximum absolute atomic E-state index is 12.3. The van der Waals surface area contributed by atoms with Gasteiger partial charge in [-0.15, -0.1) is 0 Å². The van der Waals surface area contributed by atoms with Crippen molar-refractivity contribution in [1.29, 1.82) is 0 Å². The van der Waals surface area contributed by atoms with E-state index < -0.39 is 10.1 Å². The molecule has 0 saturated heterocycles. The van der Waals surface area contributed by atoms with E-state index in [1.807, 2.05) is 19.1 Å². The Bertz CT molecular complexity index is 748. The maximum Gasteiger partial charge on any atom is 0.296 e. The van der Waals surface area contributed by atoms with Crippen LogP contribution < -0.4 is 0 Å². The summed E-state index contributed by atoms with van der Waals surface area (Å²) in [5.74, 6) is 0.158. The average Bonchev–Trinajstić information content (AvgIpc) is 2.53. The lowest BCUT2D eigenvalue weighted by Gasteiger charge is -2.25. The lowest BCUT2D eigenvalue weighted by atomic mass is 9.83. The van der Waals surface area contributed by atoms with Gasteiger partial charge in [0.15, 0.2) is 0 Å². The molecule has 0 spiro atoms. The number of hydrogen-bond donors (Lipinski definition) is 0. The highest BCUT2D eigenvalue weighted by molar-refractivity contribution is 7.86. The fraction of sp³-hybridized carbons (Fsp3) is 0.333. The van der Waals surface area contributed by atoms with E-state index in [0.717, 1.165) is 24.8 Å². The van der Waals surface area contributed by atoms with Crippen LogP contribution in [0.3, 0.4) is 0 Å². The van der Waals surface area contributed by atoms with E-state index >= 15 is 0 Å². The van der Waals surface area contributed by atoms with Crippen molar-refractivity contribution >= 4 is 10.1 Å². The molecule has 0 amide bonds. The molecule has 0 radical (unpaired) electrons. The van der Waals surface area contributed by atoms with E-state index in [1.54, 1.807) is 24.3 Å². The first-order chi connectivity index (χ1) is 10.6. The van der Waals surface area contributed by atoms with E-state index in [0.29, 0.717) is 0 Å². The Labute approximate surface area is 132 Å². The van der Waals surface area contributed by atoms with Crippen LogP contribution in [0.5, 0.6) is 0 Å². The Morgan fingerprint density at radius 1 is 1.09 bits per heavy atom. The van der Waals surface area contributed by atoms with Gasteiger partial charge >= 0.3 is 0 Å². The van der Waals surface area contributed by atoms with Gasteiger partial charge in [0.2, 0.25) is 0 Å². The molecule has 0 bridgehead atoms. The van der Waals surface area contributed by atoms with Crippen molar-refractivity contribution < 1.29 is 12.6 Å². The van der Waals surface area contributed by atoms with Gasteiger partial charge < -0.3 is 0 Å². The summed E-state index contributed by atoms with van der Waals surface area (Å²) in [4.78, 5) is 0.224. The third-order valence-corrected chi connectivity index (χ3v) is 5.52. The van der Waals surface area contributed by atoms with Gasteiger partial charge in [-0.25, -0.2) is 0 Å². The van der Waals surface area contributed by atoms with Crippen LogP contribution in [-0.4, -0.2) is 15.0 Å². The second-order valence-corrected chi connectivity index (χ2v) is 7.46. The molecule has 0 aromatic heterocycles. The zero-order valence-corrected chi connectivity index (χ0v) is 13.5. The summed E-state index contributed by atoms with van der Waals surface area (Å²) >= 11 is 0. The third-order valence-electron chi connectivity index (χ3n) is 4.23. The SMILES string of the molecule is Cc1ccc(S(=O)(=O)OC[C@H]2CCCc3ccccc32)cc1. The molecule has 0 saturated carbocycles. The van der Waals surface area contributed by atoms with Gasteiger partial charge in [0.25, 0.3) is 10.1 Å². The van der Waals surface area contributed by atoms with Crippen molar-refractivity contribution in [3.63, 3.8) is 0 Å². The first-order valence-corrected chi connectivity index (χ1v) is 9.01. The van der Waals surface area contributed by atoms with Crippen molar-refractivity contribution in [2.75, 3.05) is 6.61 Å². The fourth-order valence-corrected chi connectivity index (χ4v) is 3.92. The van der Waals surface area contributed by atoms with Crippen LogP contribution in [0.1, 0.15) is 35.4 Å². The van der Waals surface area contributed by atoms with Crippen LogP contribution in [0.2, 0.25) is 0 Å². The standard InChI is InChI=1S/C18H20O3S/c1-14-9-11-17(12-10-14)22(19,20)21-13-16-7-4-6-15-5-2-3-8-18(15)16/h2-3,5,8-12,16H,4,6-7,13H2,1H3/t16-/m1/s1. The normalized spacial score (nSPS) is 18.0. The Balaban J connectivity index is 1.74. The van der Waals surface area contributed by atoms with Gasteiger partial charge in [-0.05, 0) is 49.4 Å². The molecule has 3 rings (SSSR count). The van der Waals surface area contributed by atoms with Gasteiger partial charge in [-0.3, -0.25) is 4.18 Å². The fourth-order valence-electron chi connectivity index (χ4n) is 2.97. The second-order valence-electron chi connectivity index (χ2n) is 5.84. The predicted octanol–water partition coefficient (Wildman–Crippen LogP) is 3.82. The maximum atomic E-state index is 12.3. The molecule has 0 aliphatic heterocycles. The van der Waals surface area contributed by atoms with Crippen LogP contribution in [0.15, 0.2) is 53.4 Å². The summed E-state index contributed by atoms with van der Waals surface area (Å²) in [5.41, 5.74) is 3.57. The van der Waals surface area contributed by atoms with Crippen molar-refractivity contribution in [3.8, 4) is 0 Å². The highest BCUT2D eigenvalue weighted by atomic mass is 32.2. The molecule has 2 aromatic carbocycles. The molecule has 4 heteroatoms. The molecule has 0 fully saturated rings. The van der Waals surface area contributed by atoms with Crippen molar-refractivity contribution in [2.24, 2.45) is 0 Å². The van der Waals surface area contributed by atoms with Crippen LogP contribution >= 0.6 is 0 Å². The summed E-state index contributed by atoms with van der Waals surface area (Å²) in [6.45, 7) is 2.14. The minimum atomic E-state index is -3.68. The van der Waals surface area contributed by atoms with Gasteiger partial charge in [0.1, 0.15) is 0 Å². The predicted molar refractivity (Wildman–Crippen MR) is 86.4 cm³/mol. The Morgan fingerprint density at radius 3 is 2.59 bits per heavy atom. The van der Waals surface area contributed by atoms with Gasteiger partial charge in [0, 0.05) is 5.92 Å². The number of aryl methyl sites for hydroxylation is 2. The molecule has 0 unspecified atom stereocenters. The highest BCUT2D eigenvalue weighted by Gasteiger charge is 2.23. The molecule has 1 aliphatic carbocycles. The molecule has 22 heavy (non-hydrogen) atoms. The summed E-state index contributed by atoms with van der Waals surface area (Å²) < 4.78 is 29.9. The minimum Gasteiger partial charge on any atom is -0.266 e. The van der Waals surface area contributed by atoms with Gasteiger partial charge in [0.05, 0.1) is 11.5 Å². The molecule has 3 nitrogen and oxygen atoms in total. The number of rotatable bonds is 4. The van der Waals surface area contributed by atoms with E-state index in [-0.39, 0.29) is 17.4 Å². The number of fused-ring (bicyclic) bond motifs is 1. The molecule has 1 atom stereocenters. The molecule has 1 aliphatic rings. The molecule has 2 aromatic rings. The largest absolute Gasteiger partial charge is 0.296 e. The third kappa shape index (κ3) is 3.23. The zero-order valence-electron chi connectivity index (χ0n) is 12.7. The van der Waals surface area contributed by atoms with Crippen LogP contribution in [0.4, 0.5) is 0 Å².